The molecule has 3 N–H and O–H groups in total. The van der Waals surface area contributed by atoms with Crippen LogP contribution in [0, 0.1) is 0 Å². The highest BCUT2D eigenvalue weighted by atomic mass is 16.5. The van der Waals surface area contributed by atoms with Crippen molar-refractivity contribution in [3.8, 4) is 0 Å². The minimum absolute atomic E-state index is 0.0455. The van der Waals surface area contributed by atoms with E-state index >= 15 is 0 Å². The van der Waals surface area contributed by atoms with Crippen molar-refractivity contribution in [2.24, 2.45) is 0 Å². The van der Waals surface area contributed by atoms with E-state index < -0.39 is 29.9 Å². The standard InChI is InChI=1S/C39H72O5/c1-3-5-7-9-11-13-15-17-19-21-23-25-27-29-31-33-36(41)39(44,38(43)35-40)37(42)34-32-30-28-26-24-22-20-18-16-14-12-10-8-6-4-2/h17-20,38,40,43-44H,3-16,21-35H2,1-2H3/i36+2,37+2. The van der Waals surface area contributed by atoms with E-state index in [1.165, 1.54) is 89.9 Å². The smallest absolute Gasteiger partial charge is 0.209 e. The normalized spacial score (nSPS) is 14.0. The third kappa shape index (κ3) is 23.1. The van der Waals surface area contributed by atoms with Gasteiger partial charge < -0.3 is 15.3 Å². The fourth-order valence-electron chi connectivity index (χ4n) is 5.75. The number of ketones is 2. The molecule has 44 heavy (non-hydrogen) atoms. The van der Waals surface area contributed by atoms with Crippen LogP contribution < -0.4 is 0 Å². The molecule has 0 radical (unpaired) electrons. The Morgan fingerprint density at radius 1 is 0.500 bits per heavy atom. The largest absolute Gasteiger partial charge is 0.394 e. The predicted octanol–water partition coefficient (Wildman–Crippen LogP) is 10.3. The molecule has 0 saturated carbocycles. The second-order valence-corrected chi connectivity index (χ2v) is 13.0. The molecule has 1 unspecified atom stereocenters. The maximum Gasteiger partial charge on any atom is 0.209 e. The quantitative estimate of drug-likeness (QED) is 0.0376. The maximum absolute atomic E-state index is 12.8. The Labute approximate surface area is 272 Å². The summed E-state index contributed by atoms with van der Waals surface area (Å²) in [6, 6.07) is 0. The summed E-state index contributed by atoms with van der Waals surface area (Å²) in [5, 5.41) is 30.6. The van der Waals surface area contributed by atoms with Crippen LogP contribution in [-0.2, 0) is 9.59 Å². The minimum Gasteiger partial charge on any atom is -0.394 e. The second kappa shape index (κ2) is 31.7. The molecule has 0 aromatic carbocycles. The van der Waals surface area contributed by atoms with Gasteiger partial charge in [0.2, 0.25) is 5.60 Å². The lowest BCUT2D eigenvalue weighted by Crippen LogP contribution is -2.57. The van der Waals surface area contributed by atoms with Gasteiger partial charge in [0, 0.05) is 12.8 Å². The third-order valence-corrected chi connectivity index (χ3v) is 8.84. The molecule has 0 aromatic heterocycles. The van der Waals surface area contributed by atoms with Crippen molar-refractivity contribution in [3.05, 3.63) is 24.3 Å². The molecule has 1 atom stereocenters. The first-order valence-corrected chi connectivity index (χ1v) is 18.8. The number of rotatable bonds is 34. The van der Waals surface area contributed by atoms with Crippen molar-refractivity contribution in [2.45, 2.75) is 205 Å². The van der Waals surface area contributed by atoms with Crippen LogP contribution in [0.3, 0.4) is 0 Å². The van der Waals surface area contributed by atoms with Gasteiger partial charge in [-0.3, -0.25) is 9.59 Å². The van der Waals surface area contributed by atoms with Crippen LogP contribution in [0.25, 0.3) is 0 Å². The highest BCUT2D eigenvalue weighted by molar-refractivity contribution is 6.10. The summed E-state index contributed by atoms with van der Waals surface area (Å²) in [6.45, 7) is 3.68. The Kier molecular flexibility index (Phi) is 30.7. The van der Waals surface area contributed by atoms with Gasteiger partial charge in [-0.15, -0.1) is 0 Å². The molecule has 0 heterocycles. The Morgan fingerprint density at radius 3 is 1.07 bits per heavy atom. The summed E-state index contributed by atoms with van der Waals surface area (Å²) in [7, 11) is 0. The van der Waals surface area contributed by atoms with Crippen LogP contribution in [0.15, 0.2) is 24.3 Å². The first kappa shape index (κ1) is 42.7. The van der Waals surface area contributed by atoms with Crippen molar-refractivity contribution in [1.29, 1.82) is 0 Å². The molecule has 5 heteroatoms. The summed E-state index contributed by atoms with van der Waals surface area (Å²) >= 11 is 0. The van der Waals surface area contributed by atoms with E-state index in [2.05, 4.69) is 38.2 Å². The van der Waals surface area contributed by atoms with Gasteiger partial charge in [0.15, 0.2) is 11.6 Å². The van der Waals surface area contributed by atoms with E-state index in [4.69, 9.17) is 0 Å². The molecule has 0 aliphatic carbocycles. The van der Waals surface area contributed by atoms with Crippen LogP contribution in [0.2, 0.25) is 0 Å². The number of unbranched alkanes of at least 4 members (excludes halogenated alkanes) is 22. The Bertz CT molecular complexity index is 661. The Hall–Kier alpha value is -1.30. The number of allylic oxidation sites excluding steroid dienone is 4. The highest BCUT2D eigenvalue weighted by Crippen LogP contribution is 2.22. The lowest BCUT2D eigenvalue weighted by Gasteiger charge is -2.29. The van der Waals surface area contributed by atoms with Crippen LogP contribution in [0.4, 0.5) is 0 Å². The zero-order valence-electron chi connectivity index (χ0n) is 29.1. The van der Waals surface area contributed by atoms with Crippen LogP contribution in [0.1, 0.15) is 194 Å². The average Bonchev–Trinajstić information content (AvgIpc) is 3.03. The van der Waals surface area contributed by atoms with E-state index in [1.807, 2.05) is 0 Å². The number of hydrogen-bond acceptors (Lipinski definition) is 5. The molecule has 258 valence electrons. The van der Waals surface area contributed by atoms with Gasteiger partial charge in [0.05, 0.1) is 6.61 Å². The summed E-state index contributed by atoms with van der Waals surface area (Å²) in [5.41, 5.74) is -2.49. The van der Waals surface area contributed by atoms with Crippen LogP contribution in [0.5, 0.6) is 0 Å². The molecular formula is C39H72O5. The number of aliphatic hydroxyl groups excluding tert-OH is 2. The lowest BCUT2D eigenvalue weighted by atomic mass is 10.1. The van der Waals surface area contributed by atoms with Crippen molar-refractivity contribution in [3.63, 3.8) is 0 Å². The van der Waals surface area contributed by atoms with Gasteiger partial charge in [0.1, 0.15) is 6.10 Å². The average molecular weight is 625 g/mol. The fourth-order valence-corrected chi connectivity index (χ4v) is 5.75. The summed E-state index contributed by atoms with van der Waals surface area (Å²) < 4.78 is 0. The molecule has 0 bridgehead atoms. The summed E-state index contributed by atoms with van der Waals surface area (Å²) in [4.78, 5) is 25.7. The lowest BCUT2D eigenvalue weighted by molar-refractivity contribution is -0.166. The highest BCUT2D eigenvalue weighted by Gasteiger charge is 2.48. The maximum atomic E-state index is 12.8. The molecule has 0 aliphatic rings. The van der Waals surface area contributed by atoms with Crippen molar-refractivity contribution in [2.75, 3.05) is 6.61 Å². The van der Waals surface area contributed by atoms with Crippen molar-refractivity contribution < 1.29 is 24.9 Å². The Balaban J connectivity index is 4.02. The number of carbonyl (C=O) groups is 2. The molecule has 0 fully saturated rings. The molecular weight excluding hydrogens is 552 g/mol. The molecule has 0 aliphatic heterocycles. The van der Waals surface area contributed by atoms with Gasteiger partial charge in [-0.1, -0.05) is 141 Å². The van der Waals surface area contributed by atoms with Gasteiger partial charge in [-0.2, -0.15) is 0 Å². The first-order chi connectivity index (χ1) is 21.4. The number of hydrogen-bond donors (Lipinski definition) is 3. The van der Waals surface area contributed by atoms with E-state index in [-0.39, 0.29) is 12.8 Å². The number of aliphatic hydroxyl groups is 3. The van der Waals surface area contributed by atoms with Crippen LogP contribution >= 0.6 is 0 Å². The van der Waals surface area contributed by atoms with Crippen molar-refractivity contribution in [1.82, 2.24) is 0 Å². The van der Waals surface area contributed by atoms with Gasteiger partial charge >= 0.3 is 0 Å². The molecule has 0 spiro atoms. The first-order valence-electron chi connectivity index (χ1n) is 18.8. The van der Waals surface area contributed by atoms with E-state index in [0.29, 0.717) is 12.8 Å². The summed E-state index contributed by atoms with van der Waals surface area (Å²) in [6.07, 6.45) is 37.3. The van der Waals surface area contributed by atoms with E-state index in [1.54, 1.807) is 0 Å². The van der Waals surface area contributed by atoms with Gasteiger partial charge in [0.25, 0.3) is 0 Å². The zero-order chi connectivity index (χ0) is 32.6. The molecule has 0 saturated heterocycles. The minimum atomic E-state index is -2.49. The molecule has 0 rings (SSSR count). The molecule has 5 nitrogen and oxygen atoms in total. The molecule has 0 amide bonds. The van der Waals surface area contributed by atoms with E-state index in [0.717, 1.165) is 64.2 Å². The predicted molar refractivity (Wildman–Crippen MR) is 187 cm³/mol. The molecule has 0 aromatic rings. The number of Topliss-reactive ketones (excluding diaryl/α,β-unsaturated/α-hetero) is 2. The Morgan fingerprint density at radius 2 is 0.773 bits per heavy atom. The SMILES string of the molecule is CCCCCCCCC=CCCCCCCC[14C](=O)C(O)(C(O)CO)[14C](=O)CCCCCCCC=CCCCCCCCC. The van der Waals surface area contributed by atoms with Gasteiger partial charge in [-0.05, 0) is 64.2 Å². The van der Waals surface area contributed by atoms with E-state index in [9.17, 15) is 24.9 Å². The summed E-state index contributed by atoms with van der Waals surface area (Å²) in [5.74, 6) is -1.32. The third-order valence-electron chi connectivity index (χ3n) is 8.84. The fraction of sp³-hybridized carbons (Fsp3) is 0.846. The topological polar surface area (TPSA) is 94.8 Å². The monoisotopic (exact) mass is 625 g/mol. The second-order valence-electron chi connectivity index (χ2n) is 13.0. The van der Waals surface area contributed by atoms with Crippen molar-refractivity contribution >= 4 is 11.6 Å². The van der Waals surface area contributed by atoms with Crippen LogP contribution in [-0.4, -0.2) is 45.2 Å². The number of carbonyl (C=O) groups excluding carboxylic acids is 2. The van der Waals surface area contributed by atoms with Gasteiger partial charge in [-0.25, -0.2) is 0 Å². The zero-order valence-corrected chi connectivity index (χ0v) is 29.1.